The molecule has 14 nitrogen and oxygen atoms in total. The lowest BCUT2D eigenvalue weighted by atomic mass is 9.64. The van der Waals surface area contributed by atoms with Crippen LogP contribution in [0.25, 0.3) is 0 Å². The molecule has 6 aliphatic rings. The van der Waals surface area contributed by atoms with E-state index in [1.165, 1.54) is 4.90 Å². The number of nitrogens with one attached hydrogen (secondary N) is 1. The second-order valence-corrected chi connectivity index (χ2v) is 20.9. The SMILES string of the molecule is CC(NC(=O)N1C(=O)C2(c3cc(C#CC4=CCCCC4)ccc31)C(C(=O)N1CCN(Cc3ccc4c(c3)OCO4)CC1)C1C(=O)OC(c3ccccc3)C(c3ccccc3)N1C2c1ccc(OCCO)cc1)c1ccccc1. The number of carbonyl (C=O) groups excluding carboxylic acids is 4. The molecule has 7 atom stereocenters. The first-order chi connectivity index (χ1) is 38.2. The van der Waals surface area contributed by atoms with Crippen molar-refractivity contribution in [2.45, 2.75) is 74.8 Å². The molecule has 6 aromatic carbocycles. The zero-order chi connectivity index (χ0) is 53.3. The predicted octanol–water partition coefficient (Wildman–Crippen LogP) is 9.12. The first-order valence-corrected chi connectivity index (χ1v) is 27.1. The summed E-state index contributed by atoms with van der Waals surface area (Å²) in [6.07, 6.45) is 5.23. The third-order valence-corrected chi connectivity index (χ3v) is 16.3. The maximum absolute atomic E-state index is 17.0. The molecule has 3 fully saturated rings. The summed E-state index contributed by atoms with van der Waals surface area (Å²) in [6, 6.07) is 43.2. The highest BCUT2D eigenvalue weighted by atomic mass is 16.7. The van der Waals surface area contributed by atoms with Crippen LogP contribution in [0.3, 0.4) is 0 Å². The molecule has 0 bridgehead atoms. The molecule has 2 N–H and O–H groups in total. The van der Waals surface area contributed by atoms with Gasteiger partial charge in [0.25, 0.3) is 0 Å². The minimum Gasteiger partial charge on any atom is -0.491 e. The Balaban J connectivity index is 1.06. The summed E-state index contributed by atoms with van der Waals surface area (Å²) in [7, 11) is 0. The van der Waals surface area contributed by atoms with Gasteiger partial charge in [-0.15, -0.1) is 0 Å². The number of aliphatic hydroxyl groups is 1. The number of piperazine rings is 1. The van der Waals surface area contributed by atoms with Crippen LogP contribution in [-0.4, -0.2) is 95.8 Å². The predicted molar refractivity (Wildman–Crippen MR) is 292 cm³/mol. The number of hydrogen-bond acceptors (Lipinski definition) is 11. The second kappa shape index (κ2) is 21.7. The fourth-order valence-corrected chi connectivity index (χ4v) is 12.7. The van der Waals surface area contributed by atoms with Crippen molar-refractivity contribution in [3.8, 4) is 29.1 Å². The number of urea groups is 1. The van der Waals surface area contributed by atoms with Crippen molar-refractivity contribution in [1.82, 2.24) is 20.0 Å². The van der Waals surface area contributed by atoms with Crippen LogP contribution < -0.4 is 24.4 Å². The van der Waals surface area contributed by atoms with E-state index in [1.807, 2.05) is 140 Å². The summed E-state index contributed by atoms with van der Waals surface area (Å²) in [5.74, 6) is 5.58. The number of imide groups is 1. The Morgan fingerprint density at radius 1 is 0.769 bits per heavy atom. The smallest absolute Gasteiger partial charge is 0.329 e. The number of esters is 1. The van der Waals surface area contributed by atoms with Crippen LogP contribution in [0.2, 0.25) is 0 Å². The zero-order valence-electron chi connectivity index (χ0n) is 43.5. The van der Waals surface area contributed by atoms with Crippen molar-refractivity contribution in [3.05, 3.63) is 202 Å². The van der Waals surface area contributed by atoms with E-state index in [9.17, 15) is 5.11 Å². The zero-order valence-corrected chi connectivity index (χ0v) is 43.5. The molecule has 78 heavy (non-hydrogen) atoms. The van der Waals surface area contributed by atoms with Crippen molar-refractivity contribution in [1.29, 1.82) is 0 Å². The van der Waals surface area contributed by atoms with E-state index in [-0.39, 0.29) is 20.0 Å². The molecule has 4 amide bonds. The highest BCUT2D eigenvalue weighted by Gasteiger charge is 2.76. The van der Waals surface area contributed by atoms with E-state index in [4.69, 9.17) is 18.9 Å². The second-order valence-electron chi connectivity index (χ2n) is 20.9. The molecule has 12 rings (SSSR count). The minimum atomic E-state index is -1.96. The molecule has 1 spiro atoms. The topological polar surface area (TPSA) is 150 Å². The number of cyclic esters (lactones) is 1. The Bertz CT molecular complexity index is 3320. The van der Waals surface area contributed by atoms with Crippen molar-refractivity contribution in [2.24, 2.45) is 5.92 Å². The number of carbonyl (C=O) groups is 4. The molecule has 5 heterocycles. The van der Waals surface area contributed by atoms with Gasteiger partial charge in [0.05, 0.1) is 36.3 Å². The van der Waals surface area contributed by atoms with Gasteiger partial charge in [0.2, 0.25) is 18.6 Å². The summed E-state index contributed by atoms with van der Waals surface area (Å²) in [5, 5.41) is 12.9. The third-order valence-electron chi connectivity index (χ3n) is 16.3. The lowest BCUT2D eigenvalue weighted by Crippen LogP contribution is -2.59. The number of hydrogen-bond donors (Lipinski definition) is 2. The van der Waals surface area contributed by atoms with E-state index in [1.54, 1.807) is 23.1 Å². The quantitative estimate of drug-likeness (QED) is 0.0945. The van der Waals surface area contributed by atoms with Gasteiger partial charge >= 0.3 is 12.0 Å². The highest BCUT2D eigenvalue weighted by molar-refractivity contribution is 6.24. The van der Waals surface area contributed by atoms with Crippen molar-refractivity contribution >= 4 is 29.5 Å². The number of aliphatic hydroxyl groups excluding tert-OH is 1. The first kappa shape index (κ1) is 50.6. The molecular weight excluding hydrogens is 983 g/mol. The highest BCUT2D eigenvalue weighted by Crippen LogP contribution is 2.66. The van der Waals surface area contributed by atoms with Gasteiger partial charge in [0.1, 0.15) is 29.9 Å². The average Bonchev–Trinajstić information content (AvgIpc) is 3.51. The van der Waals surface area contributed by atoms with E-state index in [2.05, 4.69) is 33.0 Å². The summed E-state index contributed by atoms with van der Waals surface area (Å²) in [5.41, 5.74) is 4.39. The fourth-order valence-electron chi connectivity index (χ4n) is 12.7. The Kier molecular flexibility index (Phi) is 14.0. The fraction of sp³-hybridized carbons (Fsp3) is 0.312. The maximum atomic E-state index is 17.0. The van der Waals surface area contributed by atoms with Gasteiger partial charge in [0, 0.05) is 38.3 Å². The summed E-state index contributed by atoms with van der Waals surface area (Å²) in [4.78, 5) is 72.1. The number of morpholine rings is 1. The van der Waals surface area contributed by atoms with Gasteiger partial charge in [-0.05, 0) is 114 Å². The van der Waals surface area contributed by atoms with Crippen LogP contribution in [0.5, 0.6) is 17.2 Å². The number of fused-ring (bicyclic) bond motifs is 4. The number of ether oxygens (including phenoxy) is 4. The third kappa shape index (κ3) is 9.25. The van der Waals surface area contributed by atoms with Crippen molar-refractivity contribution in [2.75, 3.05) is 51.1 Å². The van der Waals surface area contributed by atoms with Gasteiger partial charge in [-0.25, -0.2) is 9.69 Å². The van der Waals surface area contributed by atoms with Gasteiger partial charge in [-0.1, -0.05) is 127 Å². The normalized spacial score (nSPS) is 23.9. The van der Waals surface area contributed by atoms with Crippen molar-refractivity contribution < 1.29 is 43.2 Å². The number of benzene rings is 6. The largest absolute Gasteiger partial charge is 0.491 e. The van der Waals surface area contributed by atoms with Crippen molar-refractivity contribution in [3.63, 3.8) is 0 Å². The van der Waals surface area contributed by atoms with Gasteiger partial charge in [-0.3, -0.25) is 24.2 Å². The van der Waals surface area contributed by atoms with Crippen LogP contribution in [0.1, 0.15) is 95.8 Å². The number of amides is 4. The Morgan fingerprint density at radius 3 is 2.21 bits per heavy atom. The maximum Gasteiger partial charge on any atom is 0.329 e. The number of nitrogens with zero attached hydrogens (tertiary/aromatic N) is 4. The Hall–Kier alpha value is -8.22. The lowest BCUT2D eigenvalue weighted by Gasteiger charge is -2.46. The number of anilines is 1. The average molecular weight is 1040 g/mol. The van der Waals surface area contributed by atoms with E-state index >= 15 is 19.2 Å². The standard InChI is InChI=1S/C64H61N5O9/c1-42(46-16-8-3-9-17-46)65-63(74)68-52-30-24-44(23-22-43-14-6-2-7-15-43)38-51(52)64(62(68)73)55(60(71)67-34-32-66(33-35-67)40-45-25-31-53-54(39-45)77-41-76-53)57-61(72)78-58(48-20-12-5-13-21-48)56(47-18-10-4-11-19-47)69(57)59(64)49-26-28-50(29-27-49)75-37-36-70/h3-5,8-14,16-21,24-31,38-39,42,55-59,70H,2,6-7,15,32-37,40-41H2,1H3,(H,65,74). The first-order valence-electron chi connectivity index (χ1n) is 27.1. The Labute approximate surface area is 454 Å². The molecule has 3 saturated heterocycles. The monoisotopic (exact) mass is 1040 g/mol. The molecule has 7 unspecified atom stereocenters. The Morgan fingerprint density at radius 2 is 1.49 bits per heavy atom. The molecule has 0 saturated carbocycles. The molecule has 6 aromatic rings. The van der Waals surface area contributed by atoms with Crippen LogP contribution in [-0.2, 0) is 31.1 Å². The minimum absolute atomic E-state index is 0.0557. The number of rotatable bonds is 11. The number of allylic oxidation sites excluding steroid dienone is 2. The van der Waals surface area contributed by atoms with Gasteiger partial charge in [-0.2, -0.15) is 0 Å². The molecule has 5 aliphatic heterocycles. The van der Waals surface area contributed by atoms with Gasteiger partial charge < -0.3 is 34.3 Å². The van der Waals surface area contributed by atoms with Crippen LogP contribution in [0.15, 0.2) is 163 Å². The summed E-state index contributed by atoms with van der Waals surface area (Å²) in [6.45, 7) is 4.11. The molecule has 14 heteroatoms. The molecular formula is C64H61N5O9. The molecule has 0 aromatic heterocycles. The van der Waals surface area contributed by atoms with Crippen LogP contribution >= 0.6 is 0 Å². The van der Waals surface area contributed by atoms with Crippen LogP contribution in [0.4, 0.5) is 10.5 Å². The van der Waals surface area contributed by atoms with Gasteiger partial charge in [0.15, 0.2) is 11.5 Å². The molecule has 1 aliphatic carbocycles. The summed E-state index contributed by atoms with van der Waals surface area (Å²) >= 11 is 0. The summed E-state index contributed by atoms with van der Waals surface area (Å²) < 4.78 is 23.9. The van der Waals surface area contributed by atoms with E-state index in [0.29, 0.717) is 72.4 Å². The lowest BCUT2D eigenvalue weighted by molar-refractivity contribution is -0.179. The molecule has 0 radical (unpaired) electrons. The van der Waals surface area contributed by atoms with E-state index in [0.717, 1.165) is 53.5 Å². The van der Waals surface area contributed by atoms with Crippen LogP contribution in [0, 0.1) is 17.8 Å². The molecule has 396 valence electrons. The van der Waals surface area contributed by atoms with E-state index < -0.39 is 65.4 Å².